The van der Waals surface area contributed by atoms with E-state index in [2.05, 4.69) is 0 Å². The largest absolute Gasteiger partial charge is 0.490 e. The van der Waals surface area contributed by atoms with Crippen molar-refractivity contribution in [2.24, 2.45) is 0 Å². The highest BCUT2D eigenvalue weighted by Gasteiger charge is 2.35. The van der Waals surface area contributed by atoms with Gasteiger partial charge in [-0.25, -0.2) is 4.39 Å². The Kier molecular flexibility index (Phi) is 8.10. The maximum Gasteiger partial charge on any atom is 0.293 e. The van der Waals surface area contributed by atoms with Crippen LogP contribution in [0.1, 0.15) is 23.6 Å². The molecular weight excluding hydrogens is 523 g/mol. The highest BCUT2D eigenvalue weighted by atomic mass is 35.5. The van der Waals surface area contributed by atoms with Crippen LogP contribution in [0.2, 0.25) is 5.02 Å². The SMILES string of the molecule is CCOc1cc(/C=C2/SC(=O)N(Cc3ccc(F)cc3Cl)C2=O)ccc1OCc1cccc([N+](=O)[O-])c1. The van der Waals surface area contributed by atoms with E-state index in [1.165, 1.54) is 24.3 Å². The van der Waals surface area contributed by atoms with Gasteiger partial charge in [0.05, 0.1) is 23.0 Å². The van der Waals surface area contributed by atoms with Crippen LogP contribution in [0, 0.1) is 15.9 Å². The Morgan fingerprint density at radius 3 is 2.62 bits per heavy atom. The molecule has 0 radical (unpaired) electrons. The summed E-state index contributed by atoms with van der Waals surface area (Å²) in [4.78, 5) is 37.2. The summed E-state index contributed by atoms with van der Waals surface area (Å²) >= 11 is 6.85. The van der Waals surface area contributed by atoms with Crippen molar-refractivity contribution in [2.75, 3.05) is 6.61 Å². The number of carbonyl (C=O) groups is 2. The van der Waals surface area contributed by atoms with Crippen LogP contribution in [0.25, 0.3) is 6.08 Å². The molecular formula is C26H20ClFN2O6S. The molecule has 1 aliphatic rings. The number of imide groups is 1. The lowest BCUT2D eigenvalue weighted by atomic mass is 10.1. The molecule has 3 aromatic rings. The molecule has 1 heterocycles. The Balaban J connectivity index is 1.51. The predicted molar refractivity (Wildman–Crippen MR) is 138 cm³/mol. The molecule has 0 spiro atoms. The number of hydrogen-bond acceptors (Lipinski definition) is 7. The first-order valence-corrected chi connectivity index (χ1v) is 12.3. The number of nitro groups is 1. The standard InChI is InChI=1S/C26H20ClFN2O6S/c1-2-35-23-11-16(6-9-22(23)36-15-17-4-3-5-20(10-17)30(33)34)12-24-25(31)29(26(32)37-24)14-18-7-8-19(28)13-21(18)27/h3-13H,2,14-15H2,1H3/b24-12+. The van der Waals surface area contributed by atoms with Gasteiger partial charge in [0.15, 0.2) is 11.5 Å². The summed E-state index contributed by atoms with van der Waals surface area (Å²) in [5.74, 6) is -0.159. The number of non-ortho nitro benzene ring substituents is 1. The molecule has 1 saturated heterocycles. The van der Waals surface area contributed by atoms with E-state index >= 15 is 0 Å². The number of benzene rings is 3. The molecule has 1 aliphatic heterocycles. The molecule has 0 bridgehead atoms. The number of halogens is 2. The van der Waals surface area contributed by atoms with E-state index < -0.39 is 21.9 Å². The second-order valence-electron chi connectivity index (χ2n) is 7.86. The molecule has 8 nitrogen and oxygen atoms in total. The van der Waals surface area contributed by atoms with Gasteiger partial charge in [-0.05, 0) is 65.7 Å². The van der Waals surface area contributed by atoms with Gasteiger partial charge in [-0.2, -0.15) is 0 Å². The molecule has 0 N–H and O–H groups in total. The zero-order chi connectivity index (χ0) is 26.5. The lowest BCUT2D eigenvalue weighted by Crippen LogP contribution is -2.27. The van der Waals surface area contributed by atoms with Gasteiger partial charge in [-0.15, -0.1) is 0 Å². The van der Waals surface area contributed by atoms with Crippen molar-refractivity contribution in [2.45, 2.75) is 20.1 Å². The number of nitrogens with zero attached hydrogens (tertiary/aromatic N) is 2. The van der Waals surface area contributed by atoms with Crippen molar-refractivity contribution in [1.82, 2.24) is 4.90 Å². The fraction of sp³-hybridized carbons (Fsp3) is 0.154. The molecule has 11 heteroatoms. The molecule has 0 aromatic heterocycles. The zero-order valence-corrected chi connectivity index (χ0v) is 21.1. The lowest BCUT2D eigenvalue weighted by molar-refractivity contribution is -0.384. The van der Waals surface area contributed by atoms with E-state index in [9.17, 15) is 24.1 Å². The fourth-order valence-corrected chi connectivity index (χ4v) is 4.60. The summed E-state index contributed by atoms with van der Waals surface area (Å²) in [5, 5.41) is 10.7. The minimum absolute atomic E-state index is 0.0304. The first-order valence-electron chi connectivity index (χ1n) is 11.1. The molecule has 37 heavy (non-hydrogen) atoms. The van der Waals surface area contributed by atoms with Gasteiger partial charge < -0.3 is 9.47 Å². The fourth-order valence-electron chi connectivity index (χ4n) is 3.53. The summed E-state index contributed by atoms with van der Waals surface area (Å²) < 4.78 is 24.8. The third-order valence-electron chi connectivity index (χ3n) is 5.30. The number of hydrogen-bond donors (Lipinski definition) is 0. The van der Waals surface area contributed by atoms with Crippen molar-refractivity contribution in [3.8, 4) is 11.5 Å². The van der Waals surface area contributed by atoms with Crippen LogP contribution in [-0.4, -0.2) is 27.6 Å². The molecule has 2 amide bonds. The molecule has 1 fully saturated rings. The second-order valence-corrected chi connectivity index (χ2v) is 9.26. The quantitative estimate of drug-likeness (QED) is 0.170. The average molecular weight is 543 g/mol. The number of nitro benzene ring substituents is 1. The summed E-state index contributed by atoms with van der Waals surface area (Å²) in [6.45, 7) is 2.18. The molecule has 0 atom stereocenters. The van der Waals surface area contributed by atoms with Gasteiger partial charge >= 0.3 is 0 Å². The van der Waals surface area contributed by atoms with Crippen LogP contribution in [-0.2, 0) is 17.9 Å². The van der Waals surface area contributed by atoms with Gasteiger partial charge in [-0.1, -0.05) is 35.9 Å². The topological polar surface area (TPSA) is 99.0 Å². The third kappa shape index (κ3) is 6.28. The zero-order valence-electron chi connectivity index (χ0n) is 19.5. The number of ether oxygens (including phenoxy) is 2. The Labute approximate surface area is 220 Å². The van der Waals surface area contributed by atoms with Crippen LogP contribution in [0.5, 0.6) is 11.5 Å². The highest BCUT2D eigenvalue weighted by Crippen LogP contribution is 2.36. The number of rotatable bonds is 9. The van der Waals surface area contributed by atoms with Crippen LogP contribution >= 0.6 is 23.4 Å². The maximum atomic E-state index is 13.3. The van der Waals surface area contributed by atoms with Gasteiger partial charge in [-0.3, -0.25) is 24.6 Å². The minimum Gasteiger partial charge on any atom is -0.490 e. The molecule has 3 aromatic carbocycles. The molecule has 190 valence electrons. The van der Waals surface area contributed by atoms with E-state index in [4.69, 9.17) is 21.1 Å². The predicted octanol–water partition coefficient (Wildman–Crippen LogP) is 6.60. The van der Waals surface area contributed by atoms with Gasteiger partial charge in [0, 0.05) is 17.2 Å². The van der Waals surface area contributed by atoms with Crippen LogP contribution in [0.3, 0.4) is 0 Å². The monoisotopic (exact) mass is 542 g/mol. The molecule has 0 aliphatic carbocycles. The lowest BCUT2D eigenvalue weighted by Gasteiger charge is -2.14. The Bertz CT molecular complexity index is 1410. The summed E-state index contributed by atoms with van der Waals surface area (Å²) in [6, 6.07) is 15.0. The molecule has 4 rings (SSSR count). The Morgan fingerprint density at radius 1 is 1.08 bits per heavy atom. The maximum absolute atomic E-state index is 13.3. The second kappa shape index (κ2) is 11.4. The minimum atomic E-state index is -0.509. The first kappa shape index (κ1) is 26.2. The normalized spacial score (nSPS) is 14.4. The first-order chi connectivity index (χ1) is 17.7. The van der Waals surface area contributed by atoms with Crippen molar-refractivity contribution in [3.63, 3.8) is 0 Å². The van der Waals surface area contributed by atoms with Crippen molar-refractivity contribution in [3.05, 3.63) is 103 Å². The van der Waals surface area contributed by atoms with Gasteiger partial charge in [0.25, 0.3) is 16.8 Å². The average Bonchev–Trinajstić information content (AvgIpc) is 3.12. The number of thioether (sulfide) groups is 1. The summed E-state index contributed by atoms with van der Waals surface area (Å²) in [5.41, 5.74) is 1.65. The molecule has 0 unspecified atom stereocenters. The Hall–Kier alpha value is -3.89. The van der Waals surface area contributed by atoms with Gasteiger partial charge in [0.2, 0.25) is 0 Å². The van der Waals surface area contributed by atoms with Crippen LogP contribution in [0.15, 0.2) is 65.6 Å². The van der Waals surface area contributed by atoms with Crippen molar-refractivity contribution >= 4 is 46.3 Å². The van der Waals surface area contributed by atoms with E-state index in [1.54, 1.807) is 36.4 Å². The van der Waals surface area contributed by atoms with Crippen molar-refractivity contribution in [1.29, 1.82) is 0 Å². The Morgan fingerprint density at radius 2 is 1.89 bits per heavy atom. The van der Waals surface area contributed by atoms with Gasteiger partial charge in [0.1, 0.15) is 12.4 Å². The van der Waals surface area contributed by atoms with Crippen LogP contribution in [0.4, 0.5) is 14.9 Å². The van der Waals surface area contributed by atoms with E-state index in [0.29, 0.717) is 34.8 Å². The van der Waals surface area contributed by atoms with E-state index in [1.807, 2.05) is 6.92 Å². The van der Waals surface area contributed by atoms with E-state index in [0.717, 1.165) is 22.7 Å². The van der Waals surface area contributed by atoms with Crippen LogP contribution < -0.4 is 9.47 Å². The molecule has 0 saturated carbocycles. The smallest absolute Gasteiger partial charge is 0.293 e. The highest BCUT2D eigenvalue weighted by molar-refractivity contribution is 8.18. The summed E-state index contributed by atoms with van der Waals surface area (Å²) in [6.07, 6.45) is 1.57. The number of amides is 2. The van der Waals surface area contributed by atoms with E-state index in [-0.39, 0.29) is 28.8 Å². The third-order valence-corrected chi connectivity index (χ3v) is 6.56. The van der Waals surface area contributed by atoms with Crippen molar-refractivity contribution < 1.29 is 28.4 Å². The summed E-state index contributed by atoms with van der Waals surface area (Å²) in [7, 11) is 0. The number of carbonyl (C=O) groups excluding carboxylic acids is 2.